The Morgan fingerprint density at radius 1 is 0.697 bits per heavy atom. The average Bonchev–Trinajstić information content (AvgIpc) is 3.91. The number of nitrogens with two attached hydrogens (primary N) is 1. The minimum atomic E-state index is -1.21. The lowest BCUT2D eigenvalue weighted by atomic mass is 9.99. The maximum Gasteiger partial charge on any atom is 0.243 e. The predicted molar refractivity (Wildman–Crippen MR) is 253 cm³/mol. The fourth-order valence-electron chi connectivity index (χ4n) is 8.39. The Labute approximate surface area is 384 Å². The van der Waals surface area contributed by atoms with E-state index >= 15 is 0 Å². The molecule has 1 aliphatic rings. The molecule has 0 saturated heterocycles. The number of H-pyrrole nitrogens is 1. The van der Waals surface area contributed by atoms with Gasteiger partial charge in [-0.05, 0) is 86.0 Å². The molecule has 5 amide bonds. The summed E-state index contributed by atoms with van der Waals surface area (Å²) < 4.78 is 1.68. The molecule has 0 radical (unpaired) electrons. The third kappa shape index (κ3) is 11.9. The van der Waals surface area contributed by atoms with Gasteiger partial charge in [0.15, 0.2) is 0 Å². The number of phenols is 1. The van der Waals surface area contributed by atoms with Crippen LogP contribution < -0.4 is 32.3 Å². The highest BCUT2D eigenvalue weighted by Gasteiger charge is 2.35. The summed E-state index contributed by atoms with van der Waals surface area (Å²) in [6.45, 7) is 5.71. The van der Waals surface area contributed by atoms with Crippen LogP contribution in [0.2, 0.25) is 0 Å². The van der Waals surface area contributed by atoms with Gasteiger partial charge in [-0.2, -0.15) is 0 Å². The zero-order valence-corrected chi connectivity index (χ0v) is 37.6. The lowest BCUT2D eigenvalue weighted by molar-refractivity contribution is -0.135. The summed E-state index contributed by atoms with van der Waals surface area (Å²) >= 11 is 0. The van der Waals surface area contributed by atoms with Crippen LogP contribution >= 0.6 is 0 Å². The summed E-state index contributed by atoms with van der Waals surface area (Å²) in [4.78, 5) is 81.1. The van der Waals surface area contributed by atoms with Gasteiger partial charge >= 0.3 is 0 Å². The second-order valence-electron chi connectivity index (χ2n) is 17.4. The van der Waals surface area contributed by atoms with Crippen LogP contribution in [0.4, 0.5) is 0 Å². The topological polar surface area (TPSA) is 225 Å². The highest BCUT2D eigenvalue weighted by Crippen LogP contribution is 2.26. The van der Waals surface area contributed by atoms with E-state index in [-0.39, 0.29) is 37.5 Å². The van der Waals surface area contributed by atoms with Crippen molar-refractivity contribution < 1.29 is 29.1 Å². The fraction of sp³-hybridized carbons (Fsp3) is 0.333. The monoisotopic (exact) mass is 893 g/mol. The van der Waals surface area contributed by atoms with Crippen LogP contribution in [0.1, 0.15) is 67.2 Å². The number of para-hydroxylation sites is 1. The lowest BCUT2D eigenvalue weighted by Gasteiger charge is -2.29. The largest absolute Gasteiger partial charge is 0.508 e. The molecular formula is C51H59N9O6. The molecule has 0 unspecified atom stereocenters. The van der Waals surface area contributed by atoms with E-state index < -0.39 is 59.7 Å². The van der Waals surface area contributed by atoms with E-state index in [2.05, 4.69) is 31.6 Å². The Morgan fingerprint density at radius 2 is 1.35 bits per heavy atom. The number of hydrogen-bond donors (Lipinski definition) is 8. The number of carbonyl (C=O) groups excluding carboxylic acids is 5. The van der Waals surface area contributed by atoms with Crippen molar-refractivity contribution in [2.75, 3.05) is 6.54 Å². The van der Waals surface area contributed by atoms with Crippen LogP contribution in [-0.4, -0.2) is 79.9 Å². The molecule has 6 aromatic rings. The molecular weight excluding hydrogens is 835 g/mol. The zero-order chi connectivity index (χ0) is 46.7. The van der Waals surface area contributed by atoms with Gasteiger partial charge in [-0.15, -0.1) is 0 Å². The van der Waals surface area contributed by atoms with E-state index in [4.69, 9.17) is 10.7 Å². The molecule has 9 N–H and O–H groups in total. The van der Waals surface area contributed by atoms with Gasteiger partial charge in [0.2, 0.25) is 29.5 Å². The Kier molecular flexibility index (Phi) is 15.3. The number of amides is 5. The number of rotatable bonds is 12. The highest BCUT2D eigenvalue weighted by atomic mass is 16.3. The molecule has 0 bridgehead atoms. The minimum absolute atomic E-state index is 0.0119. The molecule has 5 atom stereocenters. The van der Waals surface area contributed by atoms with Crippen molar-refractivity contribution in [2.45, 2.75) is 96.1 Å². The number of nitrogens with zero attached hydrogens (tertiary/aromatic N) is 2. The van der Waals surface area contributed by atoms with Crippen LogP contribution in [0.25, 0.3) is 22.2 Å². The number of carbonyl (C=O) groups is 5. The quantitative estimate of drug-likeness (QED) is 0.0805. The molecule has 15 heteroatoms. The van der Waals surface area contributed by atoms with Crippen molar-refractivity contribution >= 4 is 40.4 Å². The van der Waals surface area contributed by atoms with Gasteiger partial charge in [0.05, 0.1) is 11.7 Å². The summed E-state index contributed by atoms with van der Waals surface area (Å²) in [5.41, 5.74) is 11.3. The summed E-state index contributed by atoms with van der Waals surface area (Å²) in [5.74, 6) is -2.79. The maximum absolute atomic E-state index is 14.7. The van der Waals surface area contributed by atoms with Crippen LogP contribution in [0.5, 0.6) is 5.75 Å². The van der Waals surface area contributed by atoms with Crippen molar-refractivity contribution in [2.24, 2.45) is 11.7 Å². The van der Waals surface area contributed by atoms with Crippen molar-refractivity contribution in [3.63, 3.8) is 0 Å². The normalized spacial score (nSPS) is 20.1. The molecule has 4 aromatic carbocycles. The molecule has 1 aliphatic heterocycles. The van der Waals surface area contributed by atoms with Crippen molar-refractivity contribution in [1.29, 1.82) is 0 Å². The number of unbranched alkanes of at least 4 members (excludes halogenated alkanes) is 1. The number of aromatic amines is 1. The van der Waals surface area contributed by atoms with Crippen molar-refractivity contribution in [3.05, 3.63) is 144 Å². The smallest absolute Gasteiger partial charge is 0.243 e. The average molecular weight is 894 g/mol. The summed E-state index contributed by atoms with van der Waals surface area (Å²) in [5, 5.41) is 25.8. The molecule has 3 heterocycles. The number of nitrogens with one attached hydrogen (secondary N) is 6. The van der Waals surface area contributed by atoms with Gasteiger partial charge < -0.3 is 47.0 Å². The molecule has 0 fully saturated rings. The Morgan fingerprint density at radius 3 is 2.08 bits per heavy atom. The molecule has 66 heavy (non-hydrogen) atoms. The number of imidazole rings is 1. The number of phenolic OH excluding ortho intramolecular Hbond substituents is 1. The number of hydrogen-bond acceptors (Lipinski definition) is 8. The molecule has 0 aliphatic carbocycles. The van der Waals surface area contributed by atoms with Crippen LogP contribution in [-0.2, 0) is 49.8 Å². The Balaban J connectivity index is 1.33. The van der Waals surface area contributed by atoms with Crippen LogP contribution in [0.3, 0.4) is 0 Å². The molecule has 15 nitrogen and oxygen atoms in total. The predicted octanol–water partition coefficient (Wildman–Crippen LogP) is 4.67. The van der Waals surface area contributed by atoms with E-state index in [0.29, 0.717) is 42.9 Å². The van der Waals surface area contributed by atoms with Gasteiger partial charge in [0.1, 0.15) is 42.3 Å². The second-order valence-corrected chi connectivity index (χ2v) is 17.4. The van der Waals surface area contributed by atoms with E-state index in [1.807, 2.05) is 99.6 Å². The van der Waals surface area contributed by atoms with E-state index in [1.54, 1.807) is 29.1 Å². The first-order valence-electron chi connectivity index (χ1n) is 22.6. The number of benzene rings is 4. The number of aryl methyl sites for hydroxylation is 1. The first-order valence-corrected chi connectivity index (χ1v) is 22.6. The SMILES string of the molecule is Cc1cccc(-c2cn3c(n2)[C@H](Cc2ccccc2)NC(=O)[C@H](C(C)C)NC(=O)[C@H](CCCCN)NC(=O)[C@@H](Cc2c[nH]c4ccccc24)NC(=O)[C@H](Cc2ccc(O)cc2)NC(=O)C3)c1. The lowest BCUT2D eigenvalue weighted by Crippen LogP contribution is -2.60. The Hall–Kier alpha value is -7.26. The maximum atomic E-state index is 14.7. The van der Waals surface area contributed by atoms with Crippen molar-refractivity contribution in [1.82, 2.24) is 41.1 Å². The fourth-order valence-corrected chi connectivity index (χ4v) is 8.39. The summed E-state index contributed by atoms with van der Waals surface area (Å²) in [6, 6.07) is 25.9. The van der Waals surface area contributed by atoms with Gasteiger partial charge in [-0.25, -0.2) is 4.98 Å². The standard InChI is InChI=1S/C51H59N9O6/c1-31(2)46-51(66)57-41(25-33-13-5-4-6-14-33)47-55-44(35-15-11-12-32(3)24-35)29-60(47)30-45(62)54-42(26-34-19-21-37(61)22-20-34)49(64)58-43(27-36-28-53-39-17-8-7-16-38(36)39)50(65)56-40(48(63)59-46)18-9-10-23-52/h4-8,11-17,19-22,24,28-29,31,40-43,46,53,61H,9-10,18,23,25-27,30,52H2,1-3H3,(H,54,62)(H,56,65)(H,57,66)(H,58,64)(H,59,63)/t40-,41-,42-,43+,46-/m0/s1. The third-order valence-electron chi connectivity index (χ3n) is 11.9. The molecule has 344 valence electrons. The Bertz CT molecular complexity index is 2640. The first kappa shape index (κ1) is 46.7. The number of aromatic nitrogens is 3. The van der Waals surface area contributed by atoms with E-state index in [9.17, 15) is 29.1 Å². The molecule has 0 saturated carbocycles. The van der Waals surface area contributed by atoms with Gasteiger partial charge in [0, 0.05) is 41.7 Å². The molecule has 7 rings (SSSR count). The first-order chi connectivity index (χ1) is 31.8. The minimum Gasteiger partial charge on any atom is -0.508 e. The molecule has 2 aromatic heterocycles. The third-order valence-corrected chi connectivity index (χ3v) is 11.9. The zero-order valence-electron chi connectivity index (χ0n) is 37.6. The van der Waals surface area contributed by atoms with Crippen LogP contribution in [0.15, 0.2) is 116 Å². The van der Waals surface area contributed by atoms with Crippen molar-refractivity contribution in [3.8, 4) is 17.0 Å². The van der Waals surface area contributed by atoms with Crippen LogP contribution in [0, 0.1) is 12.8 Å². The second kappa shape index (κ2) is 21.6. The number of aromatic hydroxyl groups is 1. The van der Waals surface area contributed by atoms with E-state index in [1.165, 1.54) is 12.1 Å². The summed E-state index contributed by atoms with van der Waals surface area (Å²) in [7, 11) is 0. The van der Waals surface area contributed by atoms with Gasteiger partial charge in [-0.3, -0.25) is 24.0 Å². The summed E-state index contributed by atoms with van der Waals surface area (Å²) in [6.07, 6.45) is 5.18. The highest BCUT2D eigenvalue weighted by molar-refractivity contribution is 5.96. The van der Waals surface area contributed by atoms with Gasteiger partial charge in [0.25, 0.3) is 0 Å². The number of fused-ring (bicyclic) bond motifs is 2. The molecule has 0 spiro atoms. The van der Waals surface area contributed by atoms with Gasteiger partial charge in [-0.1, -0.05) is 98.3 Å². The van der Waals surface area contributed by atoms with E-state index in [0.717, 1.165) is 33.2 Å².